The molecule has 1 aromatic heterocycles. The summed E-state index contributed by atoms with van der Waals surface area (Å²) in [6, 6.07) is 7.81. The first-order valence-electron chi connectivity index (χ1n) is 9.43. The van der Waals surface area contributed by atoms with Crippen molar-refractivity contribution < 1.29 is 19.4 Å². The molecule has 3 rings (SSSR count). The van der Waals surface area contributed by atoms with Crippen LogP contribution in [0.5, 0.6) is 0 Å². The number of carbonyl (C=O) groups is 2. The van der Waals surface area contributed by atoms with Crippen molar-refractivity contribution in [2.75, 3.05) is 13.1 Å². The number of nitrogens with zero attached hydrogens (tertiary/aromatic N) is 2. The maximum atomic E-state index is 12.2. The molecule has 1 aliphatic rings. The molecule has 0 spiro atoms. The van der Waals surface area contributed by atoms with Gasteiger partial charge in [-0.25, -0.2) is 14.6 Å². The number of aromatic nitrogens is 1. The molecule has 0 bridgehead atoms. The molecule has 1 aromatic carbocycles. The first-order chi connectivity index (χ1) is 13.1. The van der Waals surface area contributed by atoms with Crippen LogP contribution in [0.1, 0.15) is 60.6 Å². The van der Waals surface area contributed by atoms with E-state index in [2.05, 4.69) is 4.98 Å². The van der Waals surface area contributed by atoms with Crippen LogP contribution < -0.4 is 0 Å². The summed E-state index contributed by atoms with van der Waals surface area (Å²) < 4.78 is 5.44. The molecule has 150 valence electrons. The molecule has 0 unspecified atom stereocenters. The number of piperidine rings is 1. The molecular weight excluding hydrogens is 376 g/mol. The Kier molecular flexibility index (Phi) is 5.74. The van der Waals surface area contributed by atoms with Gasteiger partial charge in [0.15, 0.2) is 5.69 Å². The molecule has 1 fully saturated rings. The molecule has 7 heteroatoms. The van der Waals surface area contributed by atoms with Crippen molar-refractivity contribution in [3.8, 4) is 10.4 Å². The lowest BCUT2D eigenvalue weighted by Gasteiger charge is -2.32. The van der Waals surface area contributed by atoms with Crippen molar-refractivity contribution in [2.24, 2.45) is 0 Å². The van der Waals surface area contributed by atoms with Crippen LogP contribution >= 0.6 is 11.3 Å². The van der Waals surface area contributed by atoms with Crippen molar-refractivity contribution in [3.05, 3.63) is 40.5 Å². The zero-order chi connectivity index (χ0) is 20.5. The normalized spacial score (nSPS) is 15.5. The Hall–Kier alpha value is -2.41. The fourth-order valence-electron chi connectivity index (χ4n) is 3.19. The largest absolute Gasteiger partial charge is 0.476 e. The number of likely N-dealkylation sites (tertiary alicyclic amines) is 1. The third-order valence-corrected chi connectivity index (χ3v) is 5.92. The summed E-state index contributed by atoms with van der Waals surface area (Å²) in [5.74, 6) is -0.856. The summed E-state index contributed by atoms with van der Waals surface area (Å²) >= 11 is 1.45. The zero-order valence-corrected chi connectivity index (χ0v) is 17.5. The van der Waals surface area contributed by atoms with Crippen LogP contribution in [0.15, 0.2) is 24.3 Å². The lowest BCUT2D eigenvalue weighted by atomic mass is 9.98. The number of carboxylic acids is 1. The minimum Gasteiger partial charge on any atom is -0.476 e. The summed E-state index contributed by atoms with van der Waals surface area (Å²) in [5.41, 5.74) is 1.60. The quantitative estimate of drug-likeness (QED) is 0.787. The SMILES string of the molecule is Cc1ccc(-c2sc(C3CCN(C(=O)OC(C)(C)C)CC3)nc2C(=O)O)cc1. The van der Waals surface area contributed by atoms with Crippen LogP contribution in [0.2, 0.25) is 0 Å². The number of benzene rings is 1. The summed E-state index contributed by atoms with van der Waals surface area (Å²) in [6.07, 6.45) is 1.20. The first kappa shape index (κ1) is 20.3. The molecule has 0 saturated carbocycles. The maximum absolute atomic E-state index is 12.2. The molecule has 1 aliphatic heterocycles. The van der Waals surface area contributed by atoms with Crippen molar-refractivity contribution >= 4 is 23.4 Å². The maximum Gasteiger partial charge on any atom is 0.410 e. The molecule has 1 amide bonds. The van der Waals surface area contributed by atoms with Gasteiger partial charge in [0.1, 0.15) is 5.60 Å². The van der Waals surface area contributed by atoms with Gasteiger partial charge in [-0.3, -0.25) is 0 Å². The van der Waals surface area contributed by atoms with Crippen LogP contribution in [0.3, 0.4) is 0 Å². The lowest BCUT2D eigenvalue weighted by Crippen LogP contribution is -2.41. The van der Waals surface area contributed by atoms with Gasteiger partial charge >= 0.3 is 12.1 Å². The number of carboxylic acid groups (broad SMARTS) is 1. The molecule has 2 heterocycles. The topological polar surface area (TPSA) is 79.7 Å². The van der Waals surface area contributed by atoms with E-state index in [4.69, 9.17) is 4.74 Å². The molecule has 2 aromatic rings. The summed E-state index contributed by atoms with van der Waals surface area (Å²) in [7, 11) is 0. The number of rotatable bonds is 3. The highest BCUT2D eigenvalue weighted by atomic mass is 32.1. The van der Waals surface area contributed by atoms with E-state index in [1.807, 2.05) is 52.0 Å². The van der Waals surface area contributed by atoms with Gasteiger partial charge in [0.25, 0.3) is 0 Å². The molecular formula is C21H26N2O4S. The number of aromatic carboxylic acids is 1. The van der Waals surface area contributed by atoms with Gasteiger partial charge in [-0.1, -0.05) is 29.8 Å². The molecule has 0 aliphatic carbocycles. The van der Waals surface area contributed by atoms with Crippen LogP contribution in [0.4, 0.5) is 4.79 Å². The predicted octanol–water partition coefficient (Wildman–Crippen LogP) is 4.93. The fraction of sp³-hybridized carbons (Fsp3) is 0.476. The number of thiazole rings is 1. The Bertz CT molecular complexity index is 860. The monoisotopic (exact) mass is 402 g/mol. The van der Waals surface area contributed by atoms with Gasteiger partial charge in [0.05, 0.1) is 9.88 Å². The van der Waals surface area contributed by atoms with E-state index in [1.54, 1.807) is 4.90 Å². The second-order valence-corrected chi connectivity index (χ2v) is 9.17. The Morgan fingerprint density at radius 2 is 1.79 bits per heavy atom. The van der Waals surface area contributed by atoms with Crippen molar-refractivity contribution in [1.82, 2.24) is 9.88 Å². The van der Waals surface area contributed by atoms with Crippen molar-refractivity contribution in [3.63, 3.8) is 0 Å². The molecule has 0 atom stereocenters. The van der Waals surface area contributed by atoms with Gasteiger partial charge in [-0.15, -0.1) is 11.3 Å². The van der Waals surface area contributed by atoms with Crippen molar-refractivity contribution in [1.29, 1.82) is 0 Å². The van der Waals surface area contributed by atoms with Crippen LogP contribution in [-0.4, -0.2) is 45.7 Å². The highest BCUT2D eigenvalue weighted by molar-refractivity contribution is 7.15. The van der Waals surface area contributed by atoms with Gasteiger partial charge in [0, 0.05) is 19.0 Å². The van der Waals surface area contributed by atoms with E-state index in [0.29, 0.717) is 18.0 Å². The van der Waals surface area contributed by atoms with Gasteiger partial charge in [-0.05, 0) is 46.1 Å². The number of carbonyl (C=O) groups excluding carboxylic acids is 1. The van der Waals surface area contributed by atoms with E-state index < -0.39 is 11.6 Å². The second kappa shape index (κ2) is 7.91. The lowest BCUT2D eigenvalue weighted by molar-refractivity contribution is 0.0204. The van der Waals surface area contributed by atoms with E-state index in [1.165, 1.54) is 11.3 Å². The average molecular weight is 403 g/mol. The smallest absolute Gasteiger partial charge is 0.410 e. The zero-order valence-electron chi connectivity index (χ0n) is 16.7. The summed E-state index contributed by atoms with van der Waals surface area (Å²) in [4.78, 5) is 30.8. The van der Waals surface area contributed by atoms with Gasteiger partial charge < -0.3 is 14.7 Å². The minimum absolute atomic E-state index is 0.110. The molecule has 1 saturated heterocycles. The Labute approximate surface area is 169 Å². The number of hydrogen-bond donors (Lipinski definition) is 1. The molecule has 1 N–H and O–H groups in total. The van der Waals surface area contributed by atoms with Crippen LogP contribution in [-0.2, 0) is 4.74 Å². The van der Waals surface area contributed by atoms with Crippen LogP contribution in [0, 0.1) is 6.92 Å². The Balaban J connectivity index is 1.75. The first-order valence-corrected chi connectivity index (χ1v) is 10.2. The summed E-state index contributed by atoms with van der Waals surface area (Å²) in [5, 5.41) is 10.4. The average Bonchev–Trinajstić information content (AvgIpc) is 3.07. The number of aryl methyl sites for hydroxylation is 1. The van der Waals surface area contributed by atoms with Gasteiger partial charge in [0.2, 0.25) is 0 Å². The molecule has 28 heavy (non-hydrogen) atoms. The van der Waals surface area contributed by atoms with Gasteiger partial charge in [-0.2, -0.15) is 0 Å². The fourth-order valence-corrected chi connectivity index (χ4v) is 4.42. The Morgan fingerprint density at radius 3 is 2.32 bits per heavy atom. The molecule has 6 nitrogen and oxygen atoms in total. The number of hydrogen-bond acceptors (Lipinski definition) is 5. The highest BCUT2D eigenvalue weighted by Crippen LogP contribution is 2.37. The Morgan fingerprint density at radius 1 is 1.18 bits per heavy atom. The standard InChI is InChI=1S/C21H26N2O4S/c1-13-5-7-14(8-6-13)17-16(19(24)25)22-18(28-17)15-9-11-23(12-10-15)20(26)27-21(2,3)4/h5-8,15H,9-12H2,1-4H3,(H,24,25). The van der Waals surface area contributed by atoms with E-state index >= 15 is 0 Å². The van der Waals surface area contributed by atoms with Crippen LogP contribution in [0.25, 0.3) is 10.4 Å². The summed E-state index contributed by atoms with van der Waals surface area (Å²) in [6.45, 7) is 8.73. The number of amides is 1. The van der Waals surface area contributed by atoms with E-state index in [9.17, 15) is 14.7 Å². The molecule has 0 radical (unpaired) electrons. The van der Waals surface area contributed by atoms with Crippen molar-refractivity contribution in [2.45, 2.75) is 52.1 Å². The highest BCUT2D eigenvalue weighted by Gasteiger charge is 2.30. The van der Waals surface area contributed by atoms with E-state index in [-0.39, 0.29) is 17.7 Å². The second-order valence-electron chi connectivity index (χ2n) is 8.14. The third-order valence-electron chi connectivity index (χ3n) is 4.66. The third kappa shape index (κ3) is 4.70. The minimum atomic E-state index is -1.01. The number of ether oxygens (including phenoxy) is 1. The predicted molar refractivity (Wildman–Crippen MR) is 109 cm³/mol. The van der Waals surface area contributed by atoms with E-state index in [0.717, 1.165) is 29.0 Å².